The summed E-state index contributed by atoms with van der Waals surface area (Å²) in [4.78, 5) is 14.5. The van der Waals surface area contributed by atoms with Gasteiger partial charge in [0.1, 0.15) is 0 Å². The van der Waals surface area contributed by atoms with Crippen LogP contribution in [0.2, 0.25) is 0 Å². The SMILES string of the molecule is CCOc1cc(-c2nnc(SCC(=O)N(CCC#N)c3ccccc3)o2)cc(OCC)c1OCC. The minimum absolute atomic E-state index is 0.0830. The summed E-state index contributed by atoms with van der Waals surface area (Å²) in [5.41, 5.74) is 1.35. The van der Waals surface area contributed by atoms with Crippen molar-refractivity contribution in [2.24, 2.45) is 0 Å². The Balaban J connectivity index is 1.77. The van der Waals surface area contributed by atoms with Crippen LogP contribution in [0, 0.1) is 11.3 Å². The molecule has 0 saturated heterocycles. The Morgan fingerprint density at radius 2 is 1.69 bits per heavy atom. The van der Waals surface area contributed by atoms with Crippen LogP contribution in [0.4, 0.5) is 5.69 Å². The molecule has 3 rings (SSSR count). The number of ether oxygens (including phenoxy) is 3. The molecule has 0 fully saturated rings. The molecule has 184 valence electrons. The second kappa shape index (κ2) is 13.2. The van der Waals surface area contributed by atoms with Gasteiger partial charge in [-0.05, 0) is 45.0 Å². The summed E-state index contributed by atoms with van der Waals surface area (Å²) in [5.74, 6) is 1.77. The van der Waals surface area contributed by atoms with E-state index in [1.54, 1.807) is 17.0 Å². The molecule has 0 bridgehead atoms. The van der Waals surface area contributed by atoms with Crippen molar-refractivity contribution >= 4 is 23.4 Å². The zero-order valence-corrected chi connectivity index (χ0v) is 20.8. The van der Waals surface area contributed by atoms with Crippen LogP contribution in [0.1, 0.15) is 27.2 Å². The first kappa shape index (κ1) is 25.9. The fourth-order valence-corrected chi connectivity index (χ4v) is 3.91. The number of anilines is 1. The monoisotopic (exact) mass is 496 g/mol. The Labute approximate surface area is 209 Å². The Kier molecular flexibility index (Phi) is 9.80. The molecule has 0 spiro atoms. The number of hydrogen-bond donors (Lipinski definition) is 0. The van der Waals surface area contributed by atoms with Crippen LogP contribution in [0.15, 0.2) is 52.1 Å². The van der Waals surface area contributed by atoms with Gasteiger partial charge < -0.3 is 23.5 Å². The largest absolute Gasteiger partial charge is 0.490 e. The third-order valence-corrected chi connectivity index (χ3v) is 5.50. The second-order valence-electron chi connectivity index (χ2n) is 7.05. The fraction of sp³-hybridized carbons (Fsp3) is 0.360. The molecule has 9 nitrogen and oxygen atoms in total. The number of para-hydroxylation sites is 1. The van der Waals surface area contributed by atoms with Crippen molar-refractivity contribution in [3.05, 3.63) is 42.5 Å². The lowest BCUT2D eigenvalue weighted by Crippen LogP contribution is -2.33. The highest BCUT2D eigenvalue weighted by Gasteiger charge is 2.20. The number of rotatable bonds is 13. The molecule has 0 aliphatic heterocycles. The third-order valence-electron chi connectivity index (χ3n) is 4.70. The van der Waals surface area contributed by atoms with Crippen LogP contribution >= 0.6 is 11.8 Å². The minimum Gasteiger partial charge on any atom is -0.490 e. The van der Waals surface area contributed by atoms with Gasteiger partial charge in [-0.15, -0.1) is 10.2 Å². The van der Waals surface area contributed by atoms with Gasteiger partial charge in [-0.25, -0.2) is 0 Å². The highest BCUT2D eigenvalue weighted by molar-refractivity contribution is 7.99. The Hall–Kier alpha value is -3.71. The van der Waals surface area contributed by atoms with Gasteiger partial charge in [0.15, 0.2) is 11.5 Å². The molecule has 35 heavy (non-hydrogen) atoms. The van der Waals surface area contributed by atoms with E-state index in [9.17, 15) is 4.79 Å². The lowest BCUT2D eigenvalue weighted by Gasteiger charge is -2.21. The van der Waals surface area contributed by atoms with Crippen molar-refractivity contribution in [3.8, 4) is 34.8 Å². The molecule has 1 aromatic heterocycles. The maximum atomic E-state index is 12.9. The number of thioether (sulfide) groups is 1. The Morgan fingerprint density at radius 3 is 2.29 bits per heavy atom. The van der Waals surface area contributed by atoms with E-state index >= 15 is 0 Å². The molecule has 0 saturated carbocycles. The number of carbonyl (C=O) groups excluding carboxylic acids is 1. The first-order valence-electron chi connectivity index (χ1n) is 11.4. The molecule has 0 atom stereocenters. The summed E-state index contributed by atoms with van der Waals surface area (Å²) in [6.07, 6.45) is 0.234. The van der Waals surface area contributed by atoms with Crippen molar-refractivity contribution in [2.75, 3.05) is 37.0 Å². The average Bonchev–Trinajstić information content (AvgIpc) is 3.35. The number of hydrogen-bond acceptors (Lipinski definition) is 9. The number of nitriles is 1. The van der Waals surface area contributed by atoms with Crippen LogP contribution in [0.25, 0.3) is 11.5 Å². The minimum atomic E-state index is -0.158. The quantitative estimate of drug-likeness (QED) is 0.303. The predicted molar refractivity (Wildman–Crippen MR) is 133 cm³/mol. The summed E-state index contributed by atoms with van der Waals surface area (Å²) < 4.78 is 23.1. The molecule has 3 aromatic rings. The second-order valence-corrected chi connectivity index (χ2v) is 7.98. The summed E-state index contributed by atoms with van der Waals surface area (Å²) in [7, 11) is 0. The van der Waals surface area contributed by atoms with Crippen molar-refractivity contribution in [3.63, 3.8) is 0 Å². The molecular formula is C25H28N4O5S. The van der Waals surface area contributed by atoms with Gasteiger partial charge in [0.2, 0.25) is 17.5 Å². The van der Waals surface area contributed by atoms with Crippen molar-refractivity contribution < 1.29 is 23.4 Å². The van der Waals surface area contributed by atoms with Crippen molar-refractivity contribution in [1.82, 2.24) is 10.2 Å². The first-order chi connectivity index (χ1) is 17.1. The number of amides is 1. The Morgan fingerprint density at radius 1 is 1.03 bits per heavy atom. The standard InChI is InChI=1S/C25H28N4O5S/c1-4-31-20-15-18(16-21(32-5-2)23(20)33-6-3)24-27-28-25(34-24)35-17-22(30)29(14-10-13-26)19-11-8-7-9-12-19/h7-9,11-12,15-16H,4-6,10,14,17H2,1-3H3. The number of nitrogens with zero attached hydrogens (tertiary/aromatic N) is 4. The van der Waals surface area contributed by atoms with Crippen LogP contribution in [-0.4, -0.2) is 48.2 Å². The van der Waals surface area contributed by atoms with E-state index in [0.29, 0.717) is 49.2 Å². The first-order valence-corrected chi connectivity index (χ1v) is 12.3. The molecule has 1 amide bonds. The smallest absolute Gasteiger partial charge is 0.277 e. The van der Waals surface area contributed by atoms with Gasteiger partial charge >= 0.3 is 0 Å². The average molecular weight is 497 g/mol. The van der Waals surface area contributed by atoms with E-state index in [4.69, 9.17) is 23.9 Å². The zero-order chi connectivity index (χ0) is 25.0. The van der Waals surface area contributed by atoms with Gasteiger partial charge in [0, 0.05) is 17.8 Å². The van der Waals surface area contributed by atoms with Gasteiger partial charge in [0.05, 0.1) is 38.1 Å². The summed E-state index contributed by atoms with van der Waals surface area (Å²) in [5, 5.41) is 17.4. The van der Waals surface area contributed by atoms with Crippen LogP contribution in [0.5, 0.6) is 17.2 Å². The number of carbonyl (C=O) groups is 1. The van der Waals surface area contributed by atoms with E-state index in [1.165, 1.54) is 0 Å². The van der Waals surface area contributed by atoms with Gasteiger partial charge in [-0.1, -0.05) is 30.0 Å². The van der Waals surface area contributed by atoms with E-state index in [2.05, 4.69) is 16.3 Å². The molecule has 2 aromatic carbocycles. The molecule has 1 heterocycles. The van der Waals surface area contributed by atoms with Crippen molar-refractivity contribution in [2.45, 2.75) is 32.4 Å². The topological polar surface area (TPSA) is 111 Å². The van der Waals surface area contributed by atoms with E-state index in [1.807, 2.05) is 51.1 Å². The highest BCUT2D eigenvalue weighted by Crippen LogP contribution is 2.42. The summed E-state index contributed by atoms with van der Waals surface area (Å²) >= 11 is 1.14. The van der Waals surface area contributed by atoms with Crippen LogP contribution in [0.3, 0.4) is 0 Å². The lowest BCUT2D eigenvalue weighted by molar-refractivity contribution is -0.116. The number of benzene rings is 2. The number of aromatic nitrogens is 2. The predicted octanol–water partition coefficient (Wildman–Crippen LogP) is 4.97. The summed E-state index contributed by atoms with van der Waals surface area (Å²) in [6.45, 7) is 7.33. The molecule has 0 N–H and O–H groups in total. The lowest BCUT2D eigenvalue weighted by atomic mass is 10.2. The van der Waals surface area contributed by atoms with Crippen molar-refractivity contribution in [1.29, 1.82) is 5.26 Å². The summed E-state index contributed by atoms with van der Waals surface area (Å²) in [6, 6.07) is 14.9. The molecular weight excluding hydrogens is 468 g/mol. The van der Waals surface area contributed by atoms with Crippen LogP contribution in [-0.2, 0) is 4.79 Å². The van der Waals surface area contributed by atoms with Gasteiger partial charge in [0.25, 0.3) is 5.22 Å². The normalized spacial score (nSPS) is 10.5. The van der Waals surface area contributed by atoms with Crippen LogP contribution < -0.4 is 19.1 Å². The van der Waals surface area contributed by atoms with E-state index in [-0.39, 0.29) is 29.2 Å². The van der Waals surface area contributed by atoms with E-state index < -0.39 is 0 Å². The maximum Gasteiger partial charge on any atom is 0.277 e. The zero-order valence-electron chi connectivity index (χ0n) is 20.0. The Bertz CT molecular complexity index is 1120. The molecule has 0 unspecified atom stereocenters. The third kappa shape index (κ3) is 6.90. The molecule has 0 radical (unpaired) electrons. The highest BCUT2D eigenvalue weighted by atomic mass is 32.2. The maximum absolute atomic E-state index is 12.9. The fourth-order valence-electron chi connectivity index (χ4n) is 3.27. The molecule has 0 aliphatic carbocycles. The van der Waals surface area contributed by atoms with E-state index in [0.717, 1.165) is 17.4 Å². The van der Waals surface area contributed by atoms with Gasteiger partial charge in [-0.2, -0.15) is 5.26 Å². The molecule has 0 aliphatic rings. The van der Waals surface area contributed by atoms with Gasteiger partial charge in [-0.3, -0.25) is 4.79 Å². The molecule has 10 heteroatoms.